The second kappa shape index (κ2) is 2.88. The van der Waals surface area contributed by atoms with Gasteiger partial charge < -0.3 is 9.47 Å². The predicted octanol–water partition coefficient (Wildman–Crippen LogP) is 1.84. The molecule has 56 valence electrons. The molecule has 0 N–H and O–H groups in total. The molecule has 0 aromatic rings. The molecule has 1 aliphatic rings. The molecular formula is C8H12O2. The minimum Gasteiger partial charge on any atom is -0.470 e. The lowest BCUT2D eigenvalue weighted by atomic mass is 10.1. The van der Waals surface area contributed by atoms with Crippen LogP contribution in [0.3, 0.4) is 0 Å². The van der Waals surface area contributed by atoms with Crippen LogP contribution in [0.5, 0.6) is 0 Å². The van der Waals surface area contributed by atoms with Gasteiger partial charge in [-0.15, -0.1) is 6.58 Å². The first-order valence-electron chi connectivity index (χ1n) is 3.36. The monoisotopic (exact) mass is 140 g/mol. The second-order valence-corrected chi connectivity index (χ2v) is 2.29. The van der Waals surface area contributed by atoms with E-state index in [1.807, 2.05) is 0 Å². The van der Waals surface area contributed by atoms with Crippen LogP contribution >= 0.6 is 0 Å². The van der Waals surface area contributed by atoms with Crippen LogP contribution in [-0.4, -0.2) is 12.4 Å². The molecule has 1 aliphatic heterocycles. The summed E-state index contributed by atoms with van der Waals surface area (Å²) in [6.07, 6.45) is 4.88. The van der Waals surface area contributed by atoms with E-state index in [1.165, 1.54) is 6.26 Å². The van der Waals surface area contributed by atoms with E-state index in [2.05, 4.69) is 13.2 Å². The Labute approximate surface area is 61.1 Å². The fourth-order valence-corrected chi connectivity index (χ4v) is 1.00. The van der Waals surface area contributed by atoms with E-state index in [4.69, 9.17) is 9.47 Å². The van der Waals surface area contributed by atoms with E-state index < -0.39 is 5.79 Å². The van der Waals surface area contributed by atoms with Crippen molar-refractivity contribution in [3.8, 4) is 0 Å². The Morgan fingerprint density at radius 1 is 1.60 bits per heavy atom. The summed E-state index contributed by atoms with van der Waals surface area (Å²) in [6, 6.07) is 0. The molecule has 0 saturated carbocycles. The molecule has 2 nitrogen and oxygen atoms in total. The van der Waals surface area contributed by atoms with Gasteiger partial charge in [-0.3, -0.25) is 0 Å². The van der Waals surface area contributed by atoms with Gasteiger partial charge in [0.1, 0.15) is 0 Å². The van der Waals surface area contributed by atoms with Crippen molar-refractivity contribution in [2.75, 3.05) is 6.61 Å². The Morgan fingerprint density at radius 2 is 2.30 bits per heavy atom. The van der Waals surface area contributed by atoms with Gasteiger partial charge in [0.25, 0.3) is 0 Å². The van der Waals surface area contributed by atoms with Gasteiger partial charge in [0, 0.05) is 12.8 Å². The van der Waals surface area contributed by atoms with Gasteiger partial charge in [0.2, 0.25) is 5.79 Å². The van der Waals surface area contributed by atoms with Crippen LogP contribution in [0, 0.1) is 0 Å². The highest BCUT2D eigenvalue weighted by atomic mass is 16.7. The van der Waals surface area contributed by atoms with Crippen LogP contribution in [0.15, 0.2) is 25.5 Å². The molecular weight excluding hydrogens is 128 g/mol. The van der Waals surface area contributed by atoms with Crippen molar-refractivity contribution in [1.29, 1.82) is 0 Å². The SMILES string of the molecule is C=CCC1(OC=C)CCO1. The van der Waals surface area contributed by atoms with Crippen LogP contribution < -0.4 is 0 Å². The zero-order valence-electron chi connectivity index (χ0n) is 6.01. The molecule has 1 atom stereocenters. The van der Waals surface area contributed by atoms with E-state index in [1.54, 1.807) is 6.08 Å². The van der Waals surface area contributed by atoms with Gasteiger partial charge in [0.15, 0.2) is 0 Å². The lowest BCUT2D eigenvalue weighted by Crippen LogP contribution is -2.44. The van der Waals surface area contributed by atoms with Gasteiger partial charge in [-0.2, -0.15) is 0 Å². The van der Waals surface area contributed by atoms with Crippen LogP contribution in [0.1, 0.15) is 12.8 Å². The van der Waals surface area contributed by atoms with Crippen molar-refractivity contribution >= 4 is 0 Å². The normalized spacial score (nSPS) is 30.4. The molecule has 10 heavy (non-hydrogen) atoms. The Morgan fingerprint density at radius 3 is 2.60 bits per heavy atom. The minimum atomic E-state index is -0.413. The molecule has 1 fully saturated rings. The van der Waals surface area contributed by atoms with E-state index in [0.717, 1.165) is 19.4 Å². The maximum atomic E-state index is 5.23. The first-order chi connectivity index (χ1) is 4.83. The molecule has 0 amide bonds. The summed E-state index contributed by atoms with van der Waals surface area (Å²) >= 11 is 0. The number of rotatable bonds is 4. The summed E-state index contributed by atoms with van der Waals surface area (Å²) in [5, 5.41) is 0. The minimum absolute atomic E-state index is 0.413. The molecule has 1 saturated heterocycles. The van der Waals surface area contributed by atoms with Crippen LogP contribution in [0.25, 0.3) is 0 Å². The van der Waals surface area contributed by atoms with E-state index >= 15 is 0 Å². The first-order valence-corrected chi connectivity index (χ1v) is 3.36. The molecule has 1 rings (SSSR count). The summed E-state index contributed by atoms with van der Waals surface area (Å²) in [6.45, 7) is 7.87. The summed E-state index contributed by atoms with van der Waals surface area (Å²) in [7, 11) is 0. The standard InChI is InChI=1S/C8H12O2/c1-3-5-8(9-4-2)6-7-10-8/h3-4H,1-2,5-7H2. The molecule has 0 radical (unpaired) electrons. The van der Waals surface area contributed by atoms with Gasteiger partial charge in [-0.05, 0) is 0 Å². The predicted molar refractivity (Wildman–Crippen MR) is 39.4 cm³/mol. The van der Waals surface area contributed by atoms with Crippen molar-refractivity contribution in [3.05, 3.63) is 25.5 Å². The van der Waals surface area contributed by atoms with Gasteiger partial charge >= 0.3 is 0 Å². The molecule has 0 spiro atoms. The zero-order chi connectivity index (χ0) is 7.45. The lowest BCUT2D eigenvalue weighted by Gasteiger charge is -2.39. The third-order valence-electron chi connectivity index (χ3n) is 1.60. The molecule has 1 heterocycles. The molecule has 0 aromatic heterocycles. The van der Waals surface area contributed by atoms with Crippen molar-refractivity contribution in [3.63, 3.8) is 0 Å². The Bertz CT molecular complexity index is 124. The highest BCUT2D eigenvalue weighted by molar-refractivity contribution is 4.87. The Balaban J connectivity index is 2.41. The maximum absolute atomic E-state index is 5.23. The molecule has 1 unspecified atom stereocenters. The summed E-state index contributed by atoms with van der Waals surface area (Å²) < 4.78 is 10.4. The maximum Gasteiger partial charge on any atom is 0.215 e. The average molecular weight is 140 g/mol. The summed E-state index contributed by atoms with van der Waals surface area (Å²) in [4.78, 5) is 0. The quantitative estimate of drug-likeness (QED) is 0.438. The summed E-state index contributed by atoms with van der Waals surface area (Å²) in [5.41, 5.74) is 0. The van der Waals surface area contributed by atoms with Crippen molar-refractivity contribution < 1.29 is 9.47 Å². The van der Waals surface area contributed by atoms with Gasteiger partial charge in [-0.25, -0.2) is 0 Å². The Hall–Kier alpha value is -0.760. The smallest absolute Gasteiger partial charge is 0.215 e. The number of hydrogen-bond donors (Lipinski definition) is 0. The third-order valence-corrected chi connectivity index (χ3v) is 1.60. The van der Waals surface area contributed by atoms with Crippen molar-refractivity contribution in [1.82, 2.24) is 0 Å². The van der Waals surface area contributed by atoms with Crippen molar-refractivity contribution in [2.24, 2.45) is 0 Å². The third kappa shape index (κ3) is 1.21. The molecule has 2 heteroatoms. The largest absolute Gasteiger partial charge is 0.470 e. The topological polar surface area (TPSA) is 18.5 Å². The highest BCUT2D eigenvalue weighted by Crippen LogP contribution is 2.31. The van der Waals surface area contributed by atoms with Gasteiger partial charge in [-0.1, -0.05) is 12.7 Å². The second-order valence-electron chi connectivity index (χ2n) is 2.29. The number of ether oxygens (including phenoxy) is 2. The summed E-state index contributed by atoms with van der Waals surface area (Å²) in [5.74, 6) is -0.413. The van der Waals surface area contributed by atoms with Crippen LogP contribution in [0.4, 0.5) is 0 Å². The first kappa shape index (κ1) is 7.35. The molecule has 0 bridgehead atoms. The van der Waals surface area contributed by atoms with E-state index in [9.17, 15) is 0 Å². The van der Waals surface area contributed by atoms with Gasteiger partial charge in [0.05, 0.1) is 12.9 Å². The lowest BCUT2D eigenvalue weighted by molar-refractivity contribution is -0.281. The zero-order valence-corrected chi connectivity index (χ0v) is 6.01. The fourth-order valence-electron chi connectivity index (χ4n) is 1.00. The number of hydrogen-bond acceptors (Lipinski definition) is 2. The highest BCUT2D eigenvalue weighted by Gasteiger charge is 2.38. The van der Waals surface area contributed by atoms with E-state index in [-0.39, 0.29) is 0 Å². The van der Waals surface area contributed by atoms with Crippen molar-refractivity contribution in [2.45, 2.75) is 18.6 Å². The average Bonchev–Trinajstić information content (AvgIpc) is 1.84. The molecule has 0 aliphatic carbocycles. The van der Waals surface area contributed by atoms with E-state index in [0.29, 0.717) is 0 Å². The Kier molecular flexibility index (Phi) is 2.12. The molecule has 0 aromatic carbocycles. The van der Waals surface area contributed by atoms with Crippen LogP contribution in [-0.2, 0) is 9.47 Å². The van der Waals surface area contributed by atoms with Crippen LogP contribution in [0.2, 0.25) is 0 Å². The fraction of sp³-hybridized carbons (Fsp3) is 0.500.